The van der Waals surface area contributed by atoms with Gasteiger partial charge in [-0.3, -0.25) is 0 Å². The Labute approximate surface area is 361 Å². The van der Waals surface area contributed by atoms with Gasteiger partial charge in [-0.2, -0.15) is 0 Å². The number of rotatable bonds is 6. The molecular weight excluding hydrogens is 755 g/mol. The minimum absolute atomic E-state index is 0.209. The third-order valence-electron chi connectivity index (χ3n) is 12.9. The first kappa shape index (κ1) is 35.9. The van der Waals surface area contributed by atoms with E-state index in [9.17, 15) is 0 Å². The molecule has 0 N–H and O–H groups in total. The first-order valence-electron chi connectivity index (χ1n) is 21.3. The number of hydrogen-bond donors (Lipinski definition) is 0. The van der Waals surface area contributed by atoms with E-state index < -0.39 is 5.41 Å². The Kier molecular flexibility index (Phi) is 8.49. The molecule has 0 fully saturated rings. The Morgan fingerprint density at radius 3 is 1.55 bits per heavy atom. The molecule has 1 spiro atoms. The van der Waals surface area contributed by atoms with Crippen molar-refractivity contribution >= 4 is 0 Å². The van der Waals surface area contributed by atoms with Gasteiger partial charge in [0.2, 0.25) is 0 Å². The van der Waals surface area contributed by atoms with Crippen LogP contribution in [0.25, 0.3) is 67.5 Å². The van der Waals surface area contributed by atoms with Crippen LogP contribution >= 0.6 is 0 Å². The smallest absolute Gasteiger partial charge is 0.164 e. The molecule has 292 valence electrons. The molecule has 9 aromatic rings. The van der Waals surface area contributed by atoms with Crippen LogP contribution < -0.4 is 4.74 Å². The summed E-state index contributed by atoms with van der Waals surface area (Å²) in [7, 11) is 0. The molecule has 62 heavy (non-hydrogen) atoms. The van der Waals surface area contributed by atoms with Gasteiger partial charge in [-0.05, 0) is 57.1 Å². The van der Waals surface area contributed by atoms with E-state index in [1.807, 2.05) is 12.1 Å². The minimum Gasteiger partial charge on any atom is -0.456 e. The average molecular weight is 794 g/mol. The molecule has 0 saturated heterocycles. The average Bonchev–Trinajstić information content (AvgIpc) is 3.65. The Bertz CT molecular complexity index is 3130. The number of para-hydroxylation sites is 2. The second-order valence-electron chi connectivity index (χ2n) is 16.3. The van der Waals surface area contributed by atoms with Crippen molar-refractivity contribution in [1.82, 2.24) is 15.0 Å². The molecule has 3 aliphatic rings. The van der Waals surface area contributed by atoms with E-state index in [2.05, 4.69) is 212 Å². The summed E-state index contributed by atoms with van der Waals surface area (Å²) in [6, 6.07) is 70.6. The molecule has 1 aliphatic heterocycles. The highest BCUT2D eigenvalue weighted by molar-refractivity contribution is 5.81. The van der Waals surface area contributed by atoms with Crippen molar-refractivity contribution in [3.63, 3.8) is 0 Å². The first-order chi connectivity index (χ1) is 30.7. The number of nitrogens with zero attached hydrogens (tertiary/aromatic N) is 3. The van der Waals surface area contributed by atoms with Crippen LogP contribution in [-0.4, -0.2) is 15.0 Å². The third kappa shape index (κ3) is 5.79. The lowest BCUT2D eigenvalue weighted by atomic mass is 9.61. The van der Waals surface area contributed by atoms with Crippen LogP contribution in [0.4, 0.5) is 0 Å². The highest BCUT2D eigenvalue weighted by Gasteiger charge is 2.56. The van der Waals surface area contributed by atoms with Crippen molar-refractivity contribution in [3.8, 4) is 79.0 Å². The summed E-state index contributed by atoms with van der Waals surface area (Å²) in [6.45, 7) is 0. The van der Waals surface area contributed by atoms with Crippen LogP contribution in [0.15, 0.2) is 224 Å². The van der Waals surface area contributed by atoms with Crippen LogP contribution in [0, 0.1) is 5.92 Å². The molecule has 8 aromatic carbocycles. The number of hydrogen-bond acceptors (Lipinski definition) is 4. The first-order valence-corrected chi connectivity index (χ1v) is 21.3. The quantitative estimate of drug-likeness (QED) is 0.168. The number of ether oxygens (including phenoxy) is 1. The molecule has 4 heteroatoms. The highest BCUT2D eigenvalue weighted by Crippen LogP contribution is 2.65. The lowest BCUT2D eigenvalue weighted by Crippen LogP contribution is -2.37. The maximum Gasteiger partial charge on any atom is 0.164 e. The van der Waals surface area contributed by atoms with Crippen molar-refractivity contribution in [2.45, 2.75) is 11.3 Å². The molecule has 0 amide bonds. The van der Waals surface area contributed by atoms with Gasteiger partial charge in [0.1, 0.15) is 11.5 Å². The van der Waals surface area contributed by atoms with E-state index in [0.717, 1.165) is 61.6 Å². The van der Waals surface area contributed by atoms with Gasteiger partial charge < -0.3 is 4.74 Å². The van der Waals surface area contributed by atoms with Gasteiger partial charge in [0.05, 0.1) is 5.41 Å². The van der Waals surface area contributed by atoms with Crippen molar-refractivity contribution in [2.24, 2.45) is 5.92 Å². The Morgan fingerprint density at radius 1 is 0.371 bits per heavy atom. The maximum atomic E-state index is 7.00. The summed E-state index contributed by atoms with van der Waals surface area (Å²) >= 11 is 0. The number of fused-ring (bicyclic) bond motifs is 9. The van der Waals surface area contributed by atoms with Crippen LogP contribution in [0.1, 0.15) is 28.2 Å². The SMILES string of the molecule is C1=CC2c3ccccc3C3(c4ccccc4Oc4c(-c5ccc(-c6nc(-c7cccc(-c8ccccc8)c7)nc(-c7cccc(-c8ccccc8)c7)n6)cc5)cccc43)C2C=C1. The van der Waals surface area contributed by atoms with Crippen molar-refractivity contribution in [1.29, 1.82) is 0 Å². The van der Waals surface area contributed by atoms with Gasteiger partial charge in [-0.1, -0.05) is 206 Å². The lowest BCUT2D eigenvalue weighted by molar-refractivity contribution is 0.375. The summed E-state index contributed by atoms with van der Waals surface area (Å²) in [5.74, 6) is 4.13. The monoisotopic (exact) mass is 793 g/mol. The number of aromatic nitrogens is 3. The molecule has 3 atom stereocenters. The van der Waals surface area contributed by atoms with Gasteiger partial charge in [0, 0.05) is 45.2 Å². The van der Waals surface area contributed by atoms with E-state index in [4.69, 9.17) is 19.7 Å². The molecular formula is C58H39N3O. The van der Waals surface area contributed by atoms with E-state index in [1.165, 1.54) is 22.3 Å². The molecule has 0 saturated carbocycles. The molecule has 4 nitrogen and oxygen atoms in total. The van der Waals surface area contributed by atoms with E-state index in [-0.39, 0.29) is 11.8 Å². The predicted molar refractivity (Wildman–Crippen MR) is 250 cm³/mol. The van der Waals surface area contributed by atoms with Gasteiger partial charge in [-0.15, -0.1) is 0 Å². The molecule has 2 heterocycles. The predicted octanol–water partition coefficient (Wildman–Crippen LogP) is 14.2. The van der Waals surface area contributed by atoms with Crippen molar-refractivity contribution in [3.05, 3.63) is 247 Å². The van der Waals surface area contributed by atoms with Crippen LogP contribution in [-0.2, 0) is 5.41 Å². The molecule has 3 unspecified atom stereocenters. The van der Waals surface area contributed by atoms with Gasteiger partial charge >= 0.3 is 0 Å². The summed E-state index contributed by atoms with van der Waals surface area (Å²) in [5.41, 5.74) is 14.1. The molecule has 2 aliphatic carbocycles. The Morgan fingerprint density at radius 2 is 0.871 bits per heavy atom. The fourth-order valence-electron chi connectivity index (χ4n) is 10.1. The van der Waals surface area contributed by atoms with Gasteiger partial charge in [0.15, 0.2) is 17.5 Å². The summed E-state index contributed by atoms with van der Waals surface area (Å²) in [6.07, 6.45) is 9.19. The topological polar surface area (TPSA) is 47.9 Å². The fraction of sp³-hybridized carbons (Fsp3) is 0.0517. The van der Waals surface area contributed by atoms with Gasteiger partial charge in [-0.25, -0.2) is 15.0 Å². The summed E-state index contributed by atoms with van der Waals surface area (Å²) in [4.78, 5) is 15.5. The zero-order valence-corrected chi connectivity index (χ0v) is 33.8. The molecule has 12 rings (SSSR count). The van der Waals surface area contributed by atoms with E-state index in [1.54, 1.807) is 0 Å². The molecule has 0 bridgehead atoms. The Hall–Kier alpha value is -7.95. The Balaban J connectivity index is 0.980. The van der Waals surface area contributed by atoms with Crippen LogP contribution in [0.3, 0.4) is 0 Å². The standard InChI is InChI=1S/C58H39N3O/c1-3-16-38(17-4-1)42-20-13-22-44(36-42)56-59-55(60-57(61-56)45-23-14-21-43(37-45)39-18-5-2-6-19-39)41-34-32-40(33-35-41)46-26-15-30-52-54(46)62-53-31-12-11-29-51(53)58(52)49-27-9-7-24-47(49)48-25-8-10-28-50(48)58/h1-37,47,49H. The van der Waals surface area contributed by atoms with E-state index >= 15 is 0 Å². The van der Waals surface area contributed by atoms with Crippen LogP contribution in [0.5, 0.6) is 11.5 Å². The zero-order chi connectivity index (χ0) is 41.0. The second-order valence-corrected chi connectivity index (χ2v) is 16.3. The minimum atomic E-state index is -0.407. The van der Waals surface area contributed by atoms with Gasteiger partial charge in [0.25, 0.3) is 0 Å². The second kappa shape index (κ2) is 14.6. The highest BCUT2D eigenvalue weighted by atomic mass is 16.5. The molecule has 1 aromatic heterocycles. The molecule has 0 radical (unpaired) electrons. The lowest BCUT2D eigenvalue weighted by Gasteiger charge is -2.43. The normalized spacial score (nSPS) is 17.7. The summed E-state index contributed by atoms with van der Waals surface area (Å²) < 4.78 is 7.00. The largest absolute Gasteiger partial charge is 0.456 e. The van der Waals surface area contributed by atoms with Crippen molar-refractivity contribution in [2.75, 3.05) is 0 Å². The van der Waals surface area contributed by atoms with Crippen LogP contribution in [0.2, 0.25) is 0 Å². The van der Waals surface area contributed by atoms with E-state index in [0.29, 0.717) is 17.5 Å². The summed E-state index contributed by atoms with van der Waals surface area (Å²) in [5, 5.41) is 0. The fourth-order valence-corrected chi connectivity index (χ4v) is 10.1. The van der Waals surface area contributed by atoms with Crippen molar-refractivity contribution < 1.29 is 4.74 Å². The number of benzene rings is 8. The zero-order valence-electron chi connectivity index (χ0n) is 33.8. The number of allylic oxidation sites excluding steroid dienone is 4. The maximum absolute atomic E-state index is 7.00. The third-order valence-corrected chi connectivity index (χ3v) is 12.9.